The Morgan fingerprint density at radius 3 is 2.12 bits per heavy atom. The maximum absolute atomic E-state index is 12.8. The van der Waals surface area contributed by atoms with E-state index in [9.17, 15) is 13.6 Å². The third kappa shape index (κ3) is 3.36. The van der Waals surface area contributed by atoms with Crippen LogP contribution >= 0.6 is 0 Å². The Labute approximate surface area is 92.0 Å². The van der Waals surface area contributed by atoms with E-state index in [-0.39, 0.29) is 12.0 Å². The van der Waals surface area contributed by atoms with Crippen LogP contribution in [0.2, 0.25) is 0 Å². The highest BCUT2D eigenvalue weighted by molar-refractivity contribution is 5.96. The quantitative estimate of drug-likeness (QED) is 0.574. The van der Waals surface area contributed by atoms with Gasteiger partial charge in [-0.25, -0.2) is 8.78 Å². The van der Waals surface area contributed by atoms with E-state index in [2.05, 4.69) is 0 Å². The molecular formula is C11H12F2O3. The second-order valence-corrected chi connectivity index (χ2v) is 3.19. The second kappa shape index (κ2) is 5.67. The van der Waals surface area contributed by atoms with Crippen LogP contribution < -0.4 is 0 Å². The summed E-state index contributed by atoms with van der Waals surface area (Å²) in [7, 11) is 2.77. The number of Topliss-reactive ketones (excluding diaryl/α,β-unsaturated/α-hetero) is 1. The molecule has 0 unspecified atom stereocenters. The zero-order valence-corrected chi connectivity index (χ0v) is 9.00. The van der Waals surface area contributed by atoms with E-state index in [1.54, 1.807) is 0 Å². The van der Waals surface area contributed by atoms with Gasteiger partial charge in [0, 0.05) is 25.8 Å². The highest BCUT2D eigenvalue weighted by Gasteiger charge is 2.15. The fraction of sp³-hybridized carbons (Fsp3) is 0.364. The molecule has 0 saturated carbocycles. The summed E-state index contributed by atoms with van der Waals surface area (Å²) in [6.45, 7) is 0. The Morgan fingerprint density at radius 1 is 1.19 bits per heavy atom. The van der Waals surface area contributed by atoms with E-state index in [0.717, 1.165) is 12.1 Å². The summed E-state index contributed by atoms with van der Waals surface area (Å²) >= 11 is 0. The lowest BCUT2D eigenvalue weighted by molar-refractivity contribution is -0.0993. The van der Waals surface area contributed by atoms with Crippen LogP contribution in [0.15, 0.2) is 18.2 Å². The first kappa shape index (κ1) is 12.7. The van der Waals surface area contributed by atoms with Gasteiger partial charge in [-0.3, -0.25) is 4.79 Å². The number of benzene rings is 1. The number of hydrogen-bond acceptors (Lipinski definition) is 3. The molecule has 88 valence electrons. The zero-order chi connectivity index (χ0) is 12.1. The summed E-state index contributed by atoms with van der Waals surface area (Å²) in [5.41, 5.74) is -0.0309. The van der Waals surface area contributed by atoms with Crippen LogP contribution in [0.4, 0.5) is 8.78 Å². The van der Waals surface area contributed by atoms with Gasteiger partial charge in [0.1, 0.15) is 11.6 Å². The topological polar surface area (TPSA) is 35.5 Å². The minimum Gasteiger partial charge on any atom is -0.355 e. The predicted molar refractivity (Wildman–Crippen MR) is 53.1 cm³/mol. The number of rotatable bonds is 5. The van der Waals surface area contributed by atoms with Crippen molar-refractivity contribution >= 4 is 5.78 Å². The van der Waals surface area contributed by atoms with Gasteiger partial charge in [0.25, 0.3) is 0 Å². The van der Waals surface area contributed by atoms with Gasteiger partial charge in [0.2, 0.25) is 0 Å². The van der Waals surface area contributed by atoms with E-state index in [0.29, 0.717) is 6.07 Å². The van der Waals surface area contributed by atoms with E-state index in [1.165, 1.54) is 14.2 Å². The van der Waals surface area contributed by atoms with Crippen LogP contribution in [0.3, 0.4) is 0 Å². The molecule has 0 radical (unpaired) electrons. The molecule has 0 aliphatic heterocycles. The van der Waals surface area contributed by atoms with E-state index < -0.39 is 23.7 Å². The number of halogens is 2. The number of ketones is 1. The summed E-state index contributed by atoms with van der Waals surface area (Å²) in [5, 5.41) is 0. The average molecular weight is 230 g/mol. The van der Waals surface area contributed by atoms with Crippen LogP contribution in [0, 0.1) is 11.6 Å². The minimum atomic E-state index is -0.783. The third-order valence-corrected chi connectivity index (χ3v) is 2.06. The van der Waals surface area contributed by atoms with Crippen molar-refractivity contribution in [2.24, 2.45) is 0 Å². The first-order valence-corrected chi connectivity index (χ1v) is 4.61. The fourth-order valence-corrected chi connectivity index (χ4v) is 1.25. The van der Waals surface area contributed by atoms with Crippen molar-refractivity contribution in [1.29, 1.82) is 0 Å². The lowest BCUT2D eigenvalue weighted by Crippen LogP contribution is -2.18. The normalized spacial score (nSPS) is 10.8. The first-order chi connectivity index (χ1) is 7.56. The van der Waals surface area contributed by atoms with Gasteiger partial charge in [0.05, 0.1) is 6.42 Å². The Bertz CT molecular complexity index is 355. The minimum absolute atomic E-state index is 0.0309. The molecule has 1 aromatic carbocycles. The molecule has 0 aliphatic carbocycles. The summed E-state index contributed by atoms with van der Waals surface area (Å²) in [6.07, 6.45) is -0.797. The Morgan fingerprint density at radius 2 is 1.69 bits per heavy atom. The molecule has 16 heavy (non-hydrogen) atoms. The molecule has 0 heterocycles. The van der Waals surface area contributed by atoms with Crippen molar-refractivity contribution in [2.45, 2.75) is 12.7 Å². The Kier molecular flexibility index (Phi) is 4.52. The van der Waals surface area contributed by atoms with Crippen LogP contribution in [0.5, 0.6) is 0 Å². The number of carbonyl (C=O) groups excluding carboxylic acids is 1. The summed E-state index contributed by atoms with van der Waals surface area (Å²) < 4.78 is 35.3. The van der Waals surface area contributed by atoms with Gasteiger partial charge in [-0.05, 0) is 12.1 Å². The van der Waals surface area contributed by atoms with Crippen LogP contribution in [0.25, 0.3) is 0 Å². The highest BCUT2D eigenvalue weighted by atomic mass is 19.1. The number of hydrogen-bond donors (Lipinski definition) is 0. The average Bonchev–Trinajstić information content (AvgIpc) is 2.24. The van der Waals surface area contributed by atoms with Gasteiger partial charge in [-0.15, -0.1) is 0 Å². The Hall–Kier alpha value is -1.33. The molecule has 0 aliphatic rings. The molecule has 0 saturated heterocycles. The monoisotopic (exact) mass is 230 g/mol. The van der Waals surface area contributed by atoms with Crippen molar-refractivity contribution in [3.63, 3.8) is 0 Å². The van der Waals surface area contributed by atoms with E-state index >= 15 is 0 Å². The van der Waals surface area contributed by atoms with Crippen molar-refractivity contribution in [2.75, 3.05) is 14.2 Å². The standard InChI is InChI=1S/C11H12F2O3/c1-15-11(16-2)6-10(14)7-3-8(12)5-9(13)4-7/h3-5,11H,6H2,1-2H3. The molecule has 1 aromatic rings. The molecule has 3 nitrogen and oxygen atoms in total. The van der Waals surface area contributed by atoms with E-state index in [1.807, 2.05) is 0 Å². The second-order valence-electron chi connectivity index (χ2n) is 3.19. The van der Waals surface area contributed by atoms with Gasteiger partial charge >= 0.3 is 0 Å². The van der Waals surface area contributed by atoms with Gasteiger partial charge in [-0.1, -0.05) is 0 Å². The van der Waals surface area contributed by atoms with Crippen LogP contribution in [-0.4, -0.2) is 26.3 Å². The molecule has 0 fully saturated rings. The smallest absolute Gasteiger partial charge is 0.168 e. The molecule has 0 atom stereocenters. The molecule has 0 bridgehead atoms. The van der Waals surface area contributed by atoms with Crippen molar-refractivity contribution in [3.05, 3.63) is 35.4 Å². The van der Waals surface area contributed by atoms with Gasteiger partial charge in [0.15, 0.2) is 12.1 Å². The maximum Gasteiger partial charge on any atom is 0.168 e. The molecule has 1 rings (SSSR count). The lowest BCUT2D eigenvalue weighted by Gasteiger charge is -2.12. The number of methoxy groups -OCH3 is 2. The Balaban J connectivity index is 2.80. The van der Waals surface area contributed by atoms with Crippen molar-refractivity contribution in [1.82, 2.24) is 0 Å². The SMILES string of the molecule is COC(CC(=O)c1cc(F)cc(F)c1)OC. The van der Waals surface area contributed by atoms with E-state index in [4.69, 9.17) is 9.47 Å². The largest absolute Gasteiger partial charge is 0.355 e. The molecule has 5 heteroatoms. The number of carbonyl (C=O) groups is 1. The summed E-state index contributed by atoms with van der Waals surface area (Å²) in [5.74, 6) is -2.00. The predicted octanol–water partition coefficient (Wildman–Crippen LogP) is 2.16. The number of ether oxygens (including phenoxy) is 2. The van der Waals surface area contributed by atoms with Crippen molar-refractivity contribution < 1.29 is 23.0 Å². The van der Waals surface area contributed by atoms with Crippen molar-refractivity contribution in [3.8, 4) is 0 Å². The maximum atomic E-state index is 12.8. The highest BCUT2D eigenvalue weighted by Crippen LogP contribution is 2.12. The molecule has 0 spiro atoms. The summed E-state index contributed by atoms with van der Waals surface area (Å²) in [6, 6.07) is 2.67. The molecule has 0 aromatic heterocycles. The van der Waals surface area contributed by atoms with Gasteiger partial charge < -0.3 is 9.47 Å². The third-order valence-electron chi connectivity index (χ3n) is 2.06. The molecule has 0 amide bonds. The van der Waals surface area contributed by atoms with Gasteiger partial charge in [-0.2, -0.15) is 0 Å². The summed E-state index contributed by atoms with van der Waals surface area (Å²) in [4.78, 5) is 11.6. The van der Waals surface area contributed by atoms with Crippen LogP contribution in [-0.2, 0) is 9.47 Å². The molecule has 0 N–H and O–H groups in total. The fourth-order valence-electron chi connectivity index (χ4n) is 1.25. The lowest BCUT2D eigenvalue weighted by atomic mass is 10.1. The first-order valence-electron chi connectivity index (χ1n) is 4.61. The zero-order valence-electron chi connectivity index (χ0n) is 9.00. The molecular weight excluding hydrogens is 218 g/mol. The van der Waals surface area contributed by atoms with Crippen LogP contribution in [0.1, 0.15) is 16.8 Å².